The second-order valence-corrected chi connectivity index (χ2v) is 7.35. The van der Waals surface area contributed by atoms with E-state index in [-0.39, 0.29) is 5.41 Å². The van der Waals surface area contributed by atoms with Gasteiger partial charge in [0, 0.05) is 20.1 Å². The van der Waals surface area contributed by atoms with Gasteiger partial charge in [-0.25, -0.2) is 4.99 Å². The van der Waals surface area contributed by atoms with Gasteiger partial charge in [0.15, 0.2) is 0 Å². The van der Waals surface area contributed by atoms with Crippen molar-refractivity contribution in [2.45, 2.75) is 31.1 Å². The van der Waals surface area contributed by atoms with Crippen molar-refractivity contribution in [3.63, 3.8) is 0 Å². The van der Waals surface area contributed by atoms with Gasteiger partial charge in [-0.3, -0.25) is 0 Å². The van der Waals surface area contributed by atoms with E-state index in [1.54, 1.807) is 7.11 Å². The van der Waals surface area contributed by atoms with Gasteiger partial charge in [0.05, 0.1) is 23.9 Å². The molecule has 3 aliphatic rings. The third kappa shape index (κ3) is 2.21. The van der Waals surface area contributed by atoms with Crippen LogP contribution in [-0.4, -0.2) is 46.7 Å². The minimum absolute atomic E-state index is 0.121. The van der Waals surface area contributed by atoms with Crippen LogP contribution in [0.25, 0.3) is 0 Å². The topological polar surface area (TPSA) is 48.9 Å². The number of benzene rings is 1. The molecule has 24 heavy (non-hydrogen) atoms. The van der Waals surface area contributed by atoms with Crippen molar-refractivity contribution in [2.24, 2.45) is 10.9 Å². The standard InChI is InChI=1S/C19H28N4O/c1-20-11-13-5-8-23(12-13)16-10-15-14(9-17(16)24-3)19(6-4-7-19)18(21-2)22-15/h9-10,13,20H,4-8,11-12H2,1-3H3,(H,21,22). The van der Waals surface area contributed by atoms with Gasteiger partial charge in [0.25, 0.3) is 0 Å². The highest BCUT2D eigenvalue weighted by molar-refractivity contribution is 6.01. The summed E-state index contributed by atoms with van der Waals surface area (Å²) in [6.07, 6.45) is 4.89. The van der Waals surface area contributed by atoms with Crippen LogP contribution in [0.15, 0.2) is 17.1 Å². The van der Waals surface area contributed by atoms with Gasteiger partial charge in [-0.1, -0.05) is 6.42 Å². The van der Waals surface area contributed by atoms with Crippen molar-refractivity contribution >= 4 is 17.2 Å². The summed E-state index contributed by atoms with van der Waals surface area (Å²) in [6, 6.07) is 4.50. The maximum Gasteiger partial charge on any atom is 0.142 e. The predicted octanol–water partition coefficient (Wildman–Crippen LogP) is 2.43. The van der Waals surface area contributed by atoms with Crippen LogP contribution in [0.3, 0.4) is 0 Å². The molecule has 1 unspecified atom stereocenters. The van der Waals surface area contributed by atoms with Crippen molar-refractivity contribution < 1.29 is 4.74 Å². The van der Waals surface area contributed by atoms with E-state index in [4.69, 9.17) is 9.73 Å². The van der Waals surface area contributed by atoms with Crippen molar-refractivity contribution in [1.82, 2.24) is 10.6 Å². The third-order valence-corrected chi connectivity index (χ3v) is 6.06. The number of aliphatic imine (C=N–C) groups is 1. The maximum absolute atomic E-state index is 5.78. The van der Waals surface area contributed by atoms with E-state index in [0.717, 1.165) is 36.9 Å². The zero-order chi connectivity index (χ0) is 16.7. The monoisotopic (exact) mass is 328 g/mol. The first-order chi connectivity index (χ1) is 11.7. The first kappa shape index (κ1) is 15.8. The van der Waals surface area contributed by atoms with Crippen LogP contribution in [0.4, 0.5) is 11.4 Å². The van der Waals surface area contributed by atoms with Gasteiger partial charge >= 0.3 is 0 Å². The highest BCUT2D eigenvalue weighted by Gasteiger charge is 2.48. The number of rotatable bonds is 4. The van der Waals surface area contributed by atoms with Gasteiger partial charge in [-0.2, -0.15) is 0 Å². The second kappa shape index (κ2) is 5.96. The molecule has 0 aromatic heterocycles. The summed E-state index contributed by atoms with van der Waals surface area (Å²) in [4.78, 5) is 7.38. The minimum Gasteiger partial charge on any atom is -0.495 e. The lowest BCUT2D eigenvalue weighted by Gasteiger charge is -2.40. The number of hydrogen-bond donors (Lipinski definition) is 2. The number of anilines is 1. The molecule has 4 rings (SSSR count). The molecule has 1 saturated heterocycles. The molecule has 1 aliphatic carbocycles. The zero-order valence-electron chi connectivity index (χ0n) is 15.0. The Morgan fingerprint density at radius 1 is 1.33 bits per heavy atom. The fraction of sp³-hybridized carbons (Fsp3) is 0.632. The lowest BCUT2D eigenvalue weighted by molar-refractivity contribution is 0.338. The summed E-state index contributed by atoms with van der Waals surface area (Å²) in [5.74, 6) is 2.84. The quantitative estimate of drug-likeness (QED) is 0.891. The summed E-state index contributed by atoms with van der Waals surface area (Å²) in [5.41, 5.74) is 3.80. The third-order valence-electron chi connectivity index (χ3n) is 6.06. The molecule has 0 radical (unpaired) electrons. The number of fused-ring (bicyclic) bond motifs is 2. The molecule has 1 spiro atoms. The summed E-state index contributed by atoms with van der Waals surface area (Å²) in [5, 5.41) is 6.64. The SMILES string of the molecule is CNCC1CCN(c2cc3c(cc2OC)C2(CCC2)C(NC)=N3)C1. The summed E-state index contributed by atoms with van der Waals surface area (Å²) < 4.78 is 5.78. The van der Waals surface area contributed by atoms with Crippen LogP contribution in [0, 0.1) is 5.92 Å². The summed E-state index contributed by atoms with van der Waals surface area (Å²) in [7, 11) is 5.81. The average molecular weight is 328 g/mol. The zero-order valence-corrected chi connectivity index (χ0v) is 15.0. The van der Waals surface area contributed by atoms with Gasteiger partial charge in [-0.15, -0.1) is 0 Å². The Hall–Kier alpha value is -1.75. The number of hydrogen-bond acceptors (Lipinski definition) is 5. The number of amidine groups is 1. The normalized spacial score (nSPS) is 23.9. The van der Waals surface area contributed by atoms with Crippen LogP contribution in [0.2, 0.25) is 0 Å². The molecular formula is C19H28N4O. The molecule has 5 nitrogen and oxygen atoms in total. The van der Waals surface area contributed by atoms with Gasteiger partial charge in [-0.05, 0) is 56.5 Å². The molecule has 2 fully saturated rings. The van der Waals surface area contributed by atoms with Crippen LogP contribution in [-0.2, 0) is 5.41 Å². The highest BCUT2D eigenvalue weighted by atomic mass is 16.5. The van der Waals surface area contributed by atoms with Crippen LogP contribution in [0.1, 0.15) is 31.2 Å². The average Bonchev–Trinajstić information content (AvgIpc) is 3.14. The predicted molar refractivity (Wildman–Crippen MR) is 98.9 cm³/mol. The van der Waals surface area contributed by atoms with Crippen molar-refractivity contribution in [1.29, 1.82) is 0 Å². The first-order valence-corrected chi connectivity index (χ1v) is 9.11. The number of nitrogens with zero attached hydrogens (tertiary/aromatic N) is 2. The van der Waals surface area contributed by atoms with Gasteiger partial charge < -0.3 is 20.3 Å². The Labute approximate surface area is 144 Å². The lowest BCUT2D eigenvalue weighted by Crippen LogP contribution is -2.45. The largest absolute Gasteiger partial charge is 0.495 e. The number of likely N-dealkylation sites (N-methyl/N-ethyl adjacent to an activating group) is 1. The van der Waals surface area contributed by atoms with E-state index in [2.05, 4.69) is 27.7 Å². The summed E-state index contributed by atoms with van der Waals surface area (Å²) in [6.45, 7) is 3.26. The van der Waals surface area contributed by atoms with E-state index in [9.17, 15) is 0 Å². The maximum atomic E-state index is 5.78. The molecule has 0 bridgehead atoms. The highest BCUT2D eigenvalue weighted by Crippen LogP contribution is 2.54. The number of nitrogens with one attached hydrogen (secondary N) is 2. The Balaban J connectivity index is 1.69. The van der Waals surface area contributed by atoms with Crippen molar-refractivity contribution in [2.75, 3.05) is 45.7 Å². The van der Waals surface area contributed by atoms with E-state index in [1.807, 2.05) is 14.1 Å². The lowest BCUT2D eigenvalue weighted by atomic mass is 9.64. The molecule has 130 valence electrons. The molecule has 1 saturated carbocycles. The van der Waals surface area contributed by atoms with Crippen LogP contribution < -0.4 is 20.3 Å². The van der Waals surface area contributed by atoms with Crippen LogP contribution in [0.5, 0.6) is 5.75 Å². The molecule has 2 N–H and O–H groups in total. The smallest absolute Gasteiger partial charge is 0.142 e. The Kier molecular flexibility index (Phi) is 3.91. The molecule has 2 heterocycles. The van der Waals surface area contributed by atoms with Gasteiger partial charge in [0.2, 0.25) is 0 Å². The molecule has 1 aromatic rings. The number of methoxy groups -OCH3 is 1. The van der Waals surface area contributed by atoms with E-state index >= 15 is 0 Å². The molecular weight excluding hydrogens is 300 g/mol. The Morgan fingerprint density at radius 3 is 2.79 bits per heavy atom. The Morgan fingerprint density at radius 2 is 2.17 bits per heavy atom. The molecule has 1 aromatic carbocycles. The van der Waals surface area contributed by atoms with Gasteiger partial charge in [0.1, 0.15) is 11.6 Å². The second-order valence-electron chi connectivity index (χ2n) is 7.35. The van der Waals surface area contributed by atoms with E-state index in [1.165, 1.54) is 36.9 Å². The summed E-state index contributed by atoms with van der Waals surface area (Å²) >= 11 is 0. The van der Waals surface area contributed by atoms with Crippen molar-refractivity contribution in [3.05, 3.63) is 17.7 Å². The fourth-order valence-corrected chi connectivity index (χ4v) is 4.64. The Bertz CT molecular complexity index is 666. The van der Waals surface area contributed by atoms with Crippen LogP contribution >= 0.6 is 0 Å². The fourth-order valence-electron chi connectivity index (χ4n) is 4.64. The van der Waals surface area contributed by atoms with Crippen molar-refractivity contribution in [3.8, 4) is 5.75 Å². The minimum atomic E-state index is 0.121. The first-order valence-electron chi connectivity index (χ1n) is 9.11. The molecule has 2 aliphatic heterocycles. The van der Waals surface area contributed by atoms with E-state index in [0.29, 0.717) is 5.92 Å². The molecule has 5 heteroatoms. The van der Waals surface area contributed by atoms with E-state index < -0.39 is 0 Å². The molecule has 0 amide bonds. The number of ether oxygens (including phenoxy) is 1. The molecule has 1 atom stereocenters.